The van der Waals surface area contributed by atoms with Crippen molar-refractivity contribution in [1.82, 2.24) is 14.5 Å². The summed E-state index contributed by atoms with van der Waals surface area (Å²) < 4.78 is 1.83. The number of nitrogens with zero attached hydrogens (tertiary/aromatic N) is 3. The Morgan fingerprint density at radius 1 is 1.35 bits per heavy atom. The summed E-state index contributed by atoms with van der Waals surface area (Å²) in [5.41, 5.74) is 0.532. The summed E-state index contributed by atoms with van der Waals surface area (Å²) in [5, 5.41) is 0.787. The van der Waals surface area contributed by atoms with Crippen molar-refractivity contribution in [3.63, 3.8) is 0 Å². The average molecular weight is 335 g/mol. The van der Waals surface area contributed by atoms with Gasteiger partial charge in [0.25, 0.3) is 5.56 Å². The summed E-state index contributed by atoms with van der Waals surface area (Å²) in [6.45, 7) is 0.300. The summed E-state index contributed by atoms with van der Waals surface area (Å²) in [4.78, 5) is 19.6. The third kappa shape index (κ3) is 2.86. The van der Waals surface area contributed by atoms with Crippen molar-refractivity contribution in [2.24, 2.45) is 0 Å². The van der Waals surface area contributed by atoms with Gasteiger partial charge in [-0.1, -0.05) is 23.2 Å². The van der Waals surface area contributed by atoms with E-state index in [0.717, 1.165) is 0 Å². The number of halogens is 3. The highest BCUT2D eigenvalue weighted by Gasteiger charge is 2.06. The molecule has 0 atom stereocenters. The largest absolute Gasteiger partial charge is 0.294 e. The van der Waals surface area contributed by atoms with Crippen LogP contribution in [0.25, 0.3) is 0 Å². The molecule has 0 aliphatic heterocycles. The first kappa shape index (κ1) is 12.5. The van der Waals surface area contributed by atoms with Gasteiger partial charge in [0.15, 0.2) is 0 Å². The van der Waals surface area contributed by atoms with E-state index >= 15 is 0 Å². The zero-order valence-corrected chi connectivity index (χ0v) is 11.5. The monoisotopic (exact) mass is 333 g/mol. The topological polar surface area (TPSA) is 47.8 Å². The number of rotatable bonds is 2. The number of hydrogen-bond acceptors (Lipinski definition) is 3. The van der Waals surface area contributed by atoms with E-state index in [-0.39, 0.29) is 5.56 Å². The van der Waals surface area contributed by atoms with Crippen molar-refractivity contribution in [1.29, 1.82) is 0 Å². The van der Waals surface area contributed by atoms with Gasteiger partial charge in [-0.05, 0) is 22.0 Å². The van der Waals surface area contributed by atoms with Crippen molar-refractivity contribution >= 4 is 39.1 Å². The summed E-state index contributed by atoms with van der Waals surface area (Å²) in [5.74, 6) is 0. The van der Waals surface area contributed by atoms with Gasteiger partial charge in [-0.2, -0.15) is 0 Å². The lowest BCUT2D eigenvalue weighted by molar-refractivity contribution is 0.728. The maximum absolute atomic E-state index is 11.7. The zero-order chi connectivity index (χ0) is 12.4. The SMILES string of the molecule is O=c1c(Br)cncn1Cc1cnc(Cl)cc1Cl. The number of hydrogen-bond donors (Lipinski definition) is 0. The van der Waals surface area contributed by atoms with Crippen LogP contribution in [0.1, 0.15) is 5.56 Å². The molecular weight excluding hydrogens is 329 g/mol. The first-order chi connectivity index (χ1) is 8.08. The van der Waals surface area contributed by atoms with Crippen molar-refractivity contribution in [3.05, 3.63) is 55.4 Å². The number of pyridine rings is 1. The highest BCUT2D eigenvalue weighted by molar-refractivity contribution is 9.10. The van der Waals surface area contributed by atoms with E-state index < -0.39 is 0 Å². The van der Waals surface area contributed by atoms with Gasteiger partial charge in [-0.15, -0.1) is 0 Å². The molecule has 0 saturated carbocycles. The highest BCUT2D eigenvalue weighted by atomic mass is 79.9. The first-order valence-corrected chi connectivity index (χ1v) is 6.12. The van der Waals surface area contributed by atoms with E-state index in [9.17, 15) is 4.79 Å². The molecule has 0 spiro atoms. The lowest BCUT2D eigenvalue weighted by atomic mass is 10.3. The summed E-state index contributed by atoms with van der Waals surface area (Å²) >= 11 is 14.8. The minimum Gasteiger partial charge on any atom is -0.294 e. The molecule has 0 bridgehead atoms. The molecule has 0 aliphatic rings. The van der Waals surface area contributed by atoms with Gasteiger partial charge in [0, 0.05) is 18.0 Å². The van der Waals surface area contributed by atoms with Crippen LogP contribution in [0.3, 0.4) is 0 Å². The van der Waals surface area contributed by atoms with E-state index in [1.165, 1.54) is 29.4 Å². The van der Waals surface area contributed by atoms with Crippen molar-refractivity contribution in [2.45, 2.75) is 6.54 Å². The molecule has 88 valence electrons. The fraction of sp³-hybridized carbons (Fsp3) is 0.100. The lowest BCUT2D eigenvalue weighted by Gasteiger charge is -2.06. The Labute approximate surface area is 115 Å². The van der Waals surface area contributed by atoms with Gasteiger partial charge in [-0.25, -0.2) is 9.97 Å². The standard InChI is InChI=1S/C10H6BrCl2N3O/c11-7-3-14-5-16(10(7)17)4-6-2-15-9(13)1-8(6)12/h1-3,5H,4H2. The van der Waals surface area contributed by atoms with E-state index in [4.69, 9.17) is 23.2 Å². The molecule has 4 nitrogen and oxygen atoms in total. The predicted octanol–water partition coefficient (Wildman–Crippen LogP) is 2.76. The second kappa shape index (κ2) is 5.16. The average Bonchev–Trinajstić information content (AvgIpc) is 2.28. The Morgan fingerprint density at radius 2 is 2.12 bits per heavy atom. The molecule has 0 saturated heterocycles. The van der Waals surface area contributed by atoms with Gasteiger partial charge in [-0.3, -0.25) is 9.36 Å². The molecule has 0 radical (unpaired) electrons. The second-order valence-electron chi connectivity index (χ2n) is 3.27. The molecule has 0 aromatic carbocycles. The molecule has 0 aliphatic carbocycles. The van der Waals surface area contributed by atoms with Crippen molar-refractivity contribution in [3.8, 4) is 0 Å². The second-order valence-corrected chi connectivity index (χ2v) is 4.92. The molecule has 0 N–H and O–H groups in total. The Morgan fingerprint density at radius 3 is 2.82 bits per heavy atom. The molecule has 7 heteroatoms. The third-order valence-corrected chi connectivity index (χ3v) is 3.20. The van der Waals surface area contributed by atoms with Gasteiger partial charge in [0.2, 0.25) is 0 Å². The quantitative estimate of drug-likeness (QED) is 0.793. The normalized spacial score (nSPS) is 10.5. The fourth-order valence-corrected chi connectivity index (χ4v) is 2.04. The van der Waals surface area contributed by atoms with Gasteiger partial charge in [0.05, 0.1) is 17.9 Å². The van der Waals surface area contributed by atoms with E-state index in [2.05, 4.69) is 25.9 Å². The minimum absolute atomic E-state index is 0.175. The van der Waals surface area contributed by atoms with Crippen LogP contribution >= 0.6 is 39.1 Å². The smallest absolute Gasteiger partial charge is 0.267 e. The van der Waals surface area contributed by atoms with Crippen LogP contribution in [0, 0.1) is 0 Å². The molecule has 0 amide bonds. The van der Waals surface area contributed by atoms with Gasteiger partial charge < -0.3 is 0 Å². The Bertz CT molecular complexity index is 615. The minimum atomic E-state index is -0.175. The predicted molar refractivity (Wildman–Crippen MR) is 69.6 cm³/mol. The van der Waals surface area contributed by atoms with E-state index in [0.29, 0.717) is 26.8 Å². The molecule has 2 rings (SSSR count). The molecular formula is C10H6BrCl2N3O. The van der Waals surface area contributed by atoms with Crippen LogP contribution in [0.15, 0.2) is 34.1 Å². The molecule has 2 aromatic heterocycles. The summed E-state index contributed by atoms with van der Waals surface area (Å²) in [7, 11) is 0. The summed E-state index contributed by atoms with van der Waals surface area (Å²) in [6.07, 6.45) is 4.43. The van der Waals surface area contributed by atoms with Crippen molar-refractivity contribution in [2.75, 3.05) is 0 Å². The van der Waals surface area contributed by atoms with Crippen LogP contribution in [0.2, 0.25) is 10.2 Å². The van der Waals surface area contributed by atoms with Crippen molar-refractivity contribution < 1.29 is 0 Å². The third-order valence-electron chi connectivity index (χ3n) is 2.10. The van der Waals surface area contributed by atoms with E-state index in [1.54, 1.807) is 0 Å². The zero-order valence-electron chi connectivity index (χ0n) is 8.40. The Kier molecular flexibility index (Phi) is 3.81. The number of aromatic nitrogens is 3. The summed E-state index contributed by atoms with van der Waals surface area (Å²) in [6, 6.07) is 1.54. The molecule has 2 heterocycles. The lowest BCUT2D eigenvalue weighted by Crippen LogP contribution is -2.21. The Hall–Kier alpha value is -0.910. The molecule has 0 fully saturated rings. The molecule has 0 unspecified atom stereocenters. The molecule has 2 aromatic rings. The van der Waals surface area contributed by atoms with Crippen LogP contribution < -0.4 is 5.56 Å². The van der Waals surface area contributed by atoms with Crippen LogP contribution in [0.4, 0.5) is 0 Å². The first-order valence-electron chi connectivity index (χ1n) is 4.58. The van der Waals surface area contributed by atoms with Crippen LogP contribution in [-0.2, 0) is 6.54 Å². The van der Waals surface area contributed by atoms with E-state index in [1.807, 2.05) is 0 Å². The van der Waals surface area contributed by atoms with Gasteiger partial charge in [0.1, 0.15) is 9.63 Å². The highest BCUT2D eigenvalue weighted by Crippen LogP contribution is 2.19. The molecule has 17 heavy (non-hydrogen) atoms. The Balaban J connectivity index is 2.38. The van der Waals surface area contributed by atoms with Crippen LogP contribution in [-0.4, -0.2) is 14.5 Å². The maximum Gasteiger partial charge on any atom is 0.267 e. The fourth-order valence-electron chi connectivity index (χ4n) is 1.27. The van der Waals surface area contributed by atoms with Crippen LogP contribution in [0.5, 0.6) is 0 Å². The van der Waals surface area contributed by atoms with Gasteiger partial charge >= 0.3 is 0 Å². The maximum atomic E-state index is 11.7.